The minimum atomic E-state index is -4.68. The van der Waals surface area contributed by atoms with E-state index in [1.54, 1.807) is 26.6 Å². The fraction of sp³-hybridized carbons (Fsp3) is 0.381. The fourth-order valence-corrected chi connectivity index (χ4v) is 4.06. The van der Waals surface area contributed by atoms with Crippen LogP contribution in [0.4, 0.5) is 13.2 Å². The van der Waals surface area contributed by atoms with Crippen LogP contribution in [0.15, 0.2) is 59.6 Å². The highest BCUT2D eigenvalue weighted by molar-refractivity contribution is 6.70. The first-order chi connectivity index (χ1) is 13.0. The molecule has 0 N–H and O–H groups in total. The molecule has 28 heavy (non-hydrogen) atoms. The van der Waals surface area contributed by atoms with Crippen LogP contribution in [0.1, 0.15) is 24.1 Å². The highest BCUT2D eigenvalue weighted by atomic mass is 28.4. The van der Waals surface area contributed by atoms with Crippen molar-refractivity contribution in [3.05, 3.63) is 65.7 Å². The predicted octanol–water partition coefficient (Wildman–Crippen LogP) is 6.14. The summed E-state index contributed by atoms with van der Waals surface area (Å²) in [6.45, 7) is 6.94. The lowest BCUT2D eigenvalue weighted by Crippen LogP contribution is -2.52. The summed E-state index contributed by atoms with van der Waals surface area (Å²) in [5.74, 6) is 0.474. The molecule has 0 fully saturated rings. The van der Waals surface area contributed by atoms with Gasteiger partial charge in [0.15, 0.2) is 8.32 Å². The first-order valence-corrected chi connectivity index (χ1v) is 12.4. The van der Waals surface area contributed by atoms with Crippen LogP contribution < -0.4 is 4.74 Å². The highest BCUT2D eigenvalue weighted by Gasteiger charge is 2.58. The summed E-state index contributed by atoms with van der Waals surface area (Å²) in [4.78, 5) is 4.26. The summed E-state index contributed by atoms with van der Waals surface area (Å²) in [5.41, 5.74) is -1.81. The topological polar surface area (TPSA) is 30.8 Å². The molecule has 0 saturated heterocycles. The zero-order valence-corrected chi connectivity index (χ0v) is 17.7. The molecule has 0 aliphatic carbocycles. The van der Waals surface area contributed by atoms with Crippen molar-refractivity contribution in [2.75, 3.05) is 7.11 Å². The number of rotatable bonds is 7. The maximum Gasteiger partial charge on any atom is 0.425 e. The molecule has 0 aromatic heterocycles. The molecular weight excluding hydrogens is 383 g/mol. The molecule has 2 atom stereocenters. The van der Waals surface area contributed by atoms with E-state index < -0.39 is 26.1 Å². The third-order valence-corrected chi connectivity index (χ3v) is 5.10. The second-order valence-electron chi connectivity index (χ2n) is 7.54. The molecule has 0 bridgehead atoms. The SMILES string of the molecule is COc1ccc([C@@](C=N[C@@H](C)c2ccccc2)(O[Si](C)(C)C)C(F)(F)F)cc1. The van der Waals surface area contributed by atoms with Crippen molar-refractivity contribution in [2.45, 2.75) is 44.4 Å². The van der Waals surface area contributed by atoms with Gasteiger partial charge in [0.2, 0.25) is 5.60 Å². The maximum absolute atomic E-state index is 14.4. The number of benzene rings is 2. The van der Waals surface area contributed by atoms with Gasteiger partial charge in [0.1, 0.15) is 5.75 Å². The molecule has 0 radical (unpaired) electrons. The third kappa shape index (κ3) is 5.23. The number of ether oxygens (including phenoxy) is 1. The van der Waals surface area contributed by atoms with Crippen molar-refractivity contribution in [3.63, 3.8) is 0 Å². The van der Waals surface area contributed by atoms with Crippen LogP contribution in [0.25, 0.3) is 0 Å². The maximum atomic E-state index is 14.4. The van der Waals surface area contributed by atoms with Crippen LogP contribution in [-0.4, -0.2) is 27.8 Å². The molecule has 0 heterocycles. The van der Waals surface area contributed by atoms with Crippen LogP contribution in [-0.2, 0) is 10.0 Å². The normalized spacial score (nSPS) is 16.0. The van der Waals surface area contributed by atoms with Crippen molar-refractivity contribution >= 4 is 14.5 Å². The predicted molar refractivity (Wildman–Crippen MR) is 109 cm³/mol. The van der Waals surface area contributed by atoms with Crippen molar-refractivity contribution in [3.8, 4) is 5.75 Å². The summed E-state index contributed by atoms with van der Waals surface area (Å²) in [7, 11) is -1.14. The Bertz CT molecular complexity index is 786. The molecule has 3 nitrogen and oxygen atoms in total. The quantitative estimate of drug-likeness (QED) is 0.406. The average Bonchev–Trinajstić information content (AvgIpc) is 2.64. The summed E-state index contributed by atoms with van der Waals surface area (Å²) in [6.07, 6.45) is -3.76. The van der Waals surface area contributed by atoms with Crippen LogP contribution in [0, 0.1) is 0 Å². The Kier molecular flexibility index (Phi) is 6.72. The molecule has 0 saturated carbocycles. The second kappa shape index (κ2) is 8.49. The van der Waals surface area contributed by atoms with Gasteiger partial charge in [0.25, 0.3) is 0 Å². The van der Waals surface area contributed by atoms with E-state index in [0.29, 0.717) is 5.75 Å². The Balaban J connectivity index is 2.56. The zero-order chi connectivity index (χ0) is 21.0. The minimum Gasteiger partial charge on any atom is -0.497 e. The van der Waals surface area contributed by atoms with E-state index in [0.717, 1.165) is 11.8 Å². The average molecular weight is 410 g/mol. The lowest BCUT2D eigenvalue weighted by atomic mass is 9.94. The van der Waals surface area contributed by atoms with Gasteiger partial charge in [0, 0.05) is 6.21 Å². The Morgan fingerprint density at radius 2 is 1.54 bits per heavy atom. The van der Waals surface area contributed by atoms with Gasteiger partial charge in [-0.15, -0.1) is 0 Å². The number of hydrogen-bond donors (Lipinski definition) is 0. The molecule has 0 aliphatic rings. The zero-order valence-electron chi connectivity index (χ0n) is 16.7. The van der Waals surface area contributed by atoms with E-state index >= 15 is 0 Å². The molecule has 7 heteroatoms. The summed E-state index contributed by atoms with van der Waals surface area (Å²) >= 11 is 0. The van der Waals surface area contributed by atoms with Gasteiger partial charge in [-0.2, -0.15) is 13.2 Å². The molecule has 152 valence electrons. The van der Waals surface area contributed by atoms with Crippen LogP contribution in [0.5, 0.6) is 5.75 Å². The van der Waals surface area contributed by atoms with Crippen molar-refractivity contribution in [1.82, 2.24) is 0 Å². The Morgan fingerprint density at radius 1 is 0.964 bits per heavy atom. The van der Waals surface area contributed by atoms with Gasteiger partial charge >= 0.3 is 6.18 Å². The molecule has 2 aromatic carbocycles. The van der Waals surface area contributed by atoms with Gasteiger partial charge in [0.05, 0.1) is 13.2 Å². The van der Waals surface area contributed by atoms with Crippen LogP contribution >= 0.6 is 0 Å². The first kappa shape index (κ1) is 22.2. The number of hydrogen-bond acceptors (Lipinski definition) is 3. The van der Waals surface area contributed by atoms with Crippen molar-refractivity contribution in [2.24, 2.45) is 4.99 Å². The molecular formula is C21H26F3NO2Si. The lowest BCUT2D eigenvalue weighted by Gasteiger charge is -2.38. The van der Waals surface area contributed by atoms with E-state index in [9.17, 15) is 13.2 Å². The first-order valence-electron chi connectivity index (χ1n) is 8.99. The smallest absolute Gasteiger partial charge is 0.425 e. The number of methoxy groups -OCH3 is 1. The van der Waals surface area contributed by atoms with Gasteiger partial charge < -0.3 is 9.16 Å². The molecule has 0 spiro atoms. The number of alkyl halides is 3. The van der Waals surface area contributed by atoms with Gasteiger partial charge in [-0.1, -0.05) is 42.5 Å². The number of nitrogens with zero attached hydrogens (tertiary/aromatic N) is 1. The summed E-state index contributed by atoms with van der Waals surface area (Å²) < 4.78 is 54.0. The van der Waals surface area contributed by atoms with Gasteiger partial charge in [-0.3, -0.25) is 4.99 Å². The van der Waals surface area contributed by atoms with E-state index in [4.69, 9.17) is 9.16 Å². The standard InChI is InChI=1S/C21H26F3NO2Si/c1-16(17-9-7-6-8-10-17)25-15-20(21(22,23)24,27-28(3,4)5)18-11-13-19(26-2)14-12-18/h6-16H,1-5H3/t16-,20+/m0/s1. The molecule has 2 rings (SSSR count). The van der Waals surface area contributed by atoms with E-state index in [1.165, 1.54) is 31.4 Å². The van der Waals surface area contributed by atoms with Gasteiger partial charge in [-0.05, 0) is 49.8 Å². The molecule has 0 unspecified atom stereocenters. The fourth-order valence-electron chi connectivity index (χ4n) is 2.81. The molecule has 0 aliphatic heterocycles. The lowest BCUT2D eigenvalue weighted by molar-refractivity contribution is -0.226. The third-order valence-electron chi connectivity index (χ3n) is 4.17. The van der Waals surface area contributed by atoms with Crippen molar-refractivity contribution in [1.29, 1.82) is 0 Å². The van der Waals surface area contributed by atoms with Crippen LogP contribution in [0.2, 0.25) is 19.6 Å². The summed E-state index contributed by atoms with van der Waals surface area (Å²) in [5, 5.41) is 0. The molecule has 0 amide bonds. The Morgan fingerprint density at radius 3 is 2.00 bits per heavy atom. The second-order valence-corrected chi connectivity index (χ2v) is 12.0. The number of aliphatic imine (C=N–C) groups is 1. The summed E-state index contributed by atoms with van der Waals surface area (Å²) in [6, 6.07) is 14.5. The Hall–Kier alpha value is -2.12. The minimum absolute atomic E-state index is 0.0211. The Labute approximate surface area is 165 Å². The van der Waals surface area contributed by atoms with Crippen molar-refractivity contribution < 1.29 is 22.3 Å². The molecule has 2 aromatic rings. The monoisotopic (exact) mass is 409 g/mol. The highest BCUT2D eigenvalue weighted by Crippen LogP contribution is 2.43. The number of halogens is 3. The van der Waals surface area contributed by atoms with E-state index in [2.05, 4.69) is 4.99 Å². The van der Waals surface area contributed by atoms with Crippen LogP contribution in [0.3, 0.4) is 0 Å². The largest absolute Gasteiger partial charge is 0.497 e. The van der Waals surface area contributed by atoms with E-state index in [-0.39, 0.29) is 5.56 Å². The van der Waals surface area contributed by atoms with Gasteiger partial charge in [-0.25, -0.2) is 0 Å². The van der Waals surface area contributed by atoms with E-state index in [1.807, 2.05) is 30.3 Å².